The third kappa shape index (κ3) is 3.55. The largest absolute Gasteiger partial charge is 0.491 e. The van der Waals surface area contributed by atoms with Crippen LogP contribution in [0.3, 0.4) is 0 Å². The Morgan fingerprint density at radius 3 is 2.38 bits per heavy atom. The Balaban J connectivity index is 1.77. The standard InChI is InChI=1S/C18H20N4O2/c1-21(2)15-5-3-14(4-6-15)18-13-22(20-19-18)16-7-9-17(10-8-16)24-12-11-23/h3-10,13,23H,11-12H2,1-2H3. The molecule has 0 radical (unpaired) electrons. The zero-order chi connectivity index (χ0) is 16.9. The maximum atomic E-state index is 8.77. The molecule has 0 saturated heterocycles. The summed E-state index contributed by atoms with van der Waals surface area (Å²) in [5.41, 5.74) is 3.88. The average molecular weight is 324 g/mol. The molecule has 124 valence electrons. The first-order valence-electron chi connectivity index (χ1n) is 7.71. The Labute approximate surface area is 140 Å². The van der Waals surface area contributed by atoms with Crippen molar-refractivity contribution >= 4 is 5.69 Å². The number of nitrogens with zero attached hydrogens (tertiary/aromatic N) is 4. The molecule has 2 aromatic carbocycles. The molecule has 0 saturated carbocycles. The van der Waals surface area contributed by atoms with Gasteiger partial charge in [-0.1, -0.05) is 17.3 Å². The van der Waals surface area contributed by atoms with E-state index < -0.39 is 0 Å². The first kappa shape index (κ1) is 16.0. The average Bonchev–Trinajstić information content (AvgIpc) is 3.10. The van der Waals surface area contributed by atoms with Crippen LogP contribution in [0.15, 0.2) is 54.7 Å². The summed E-state index contributed by atoms with van der Waals surface area (Å²) in [6.07, 6.45) is 1.90. The Hall–Kier alpha value is -2.86. The van der Waals surface area contributed by atoms with Crippen LogP contribution in [0.5, 0.6) is 5.75 Å². The fourth-order valence-corrected chi connectivity index (χ4v) is 2.31. The summed E-state index contributed by atoms with van der Waals surface area (Å²) in [4.78, 5) is 2.06. The topological polar surface area (TPSA) is 63.4 Å². The lowest BCUT2D eigenvalue weighted by Crippen LogP contribution is -2.07. The summed E-state index contributed by atoms with van der Waals surface area (Å²) in [5.74, 6) is 0.715. The van der Waals surface area contributed by atoms with E-state index in [1.165, 1.54) is 0 Å². The monoisotopic (exact) mass is 324 g/mol. The van der Waals surface area contributed by atoms with Crippen LogP contribution in [0.4, 0.5) is 5.69 Å². The van der Waals surface area contributed by atoms with E-state index in [-0.39, 0.29) is 13.2 Å². The van der Waals surface area contributed by atoms with Gasteiger partial charge in [-0.15, -0.1) is 5.10 Å². The van der Waals surface area contributed by atoms with Crippen molar-refractivity contribution in [1.82, 2.24) is 15.0 Å². The number of ether oxygens (including phenoxy) is 1. The van der Waals surface area contributed by atoms with Crippen LogP contribution in [0.25, 0.3) is 16.9 Å². The normalized spacial score (nSPS) is 10.6. The molecule has 0 aliphatic rings. The van der Waals surface area contributed by atoms with E-state index in [1.807, 2.05) is 56.7 Å². The molecule has 0 spiro atoms. The second-order valence-electron chi connectivity index (χ2n) is 5.56. The lowest BCUT2D eigenvalue weighted by molar-refractivity contribution is 0.201. The molecule has 1 heterocycles. The summed E-state index contributed by atoms with van der Waals surface area (Å²) in [6, 6.07) is 15.7. The van der Waals surface area contributed by atoms with Crippen LogP contribution < -0.4 is 9.64 Å². The maximum absolute atomic E-state index is 8.77. The van der Waals surface area contributed by atoms with Gasteiger partial charge in [-0.25, -0.2) is 4.68 Å². The lowest BCUT2D eigenvalue weighted by Gasteiger charge is -2.11. The minimum absolute atomic E-state index is 0.000794. The van der Waals surface area contributed by atoms with Crippen molar-refractivity contribution in [3.8, 4) is 22.7 Å². The highest BCUT2D eigenvalue weighted by atomic mass is 16.5. The predicted molar refractivity (Wildman–Crippen MR) is 93.7 cm³/mol. The molecule has 3 rings (SSSR count). The predicted octanol–water partition coefficient (Wildman–Crippen LogP) is 2.37. The SMILES string of the molecule is CN(C)c1ccc(-c2cn(-c3ccc(OCCO)cc3)nn2)cc1. The van der Waals surface area contributed by atoms with E-state index >= 15 is 0 Å². The number of benzene rings is 2. The Kier molecular flexibility index (Phi) is 4.77. The zero-order valence-corrected chi connectivity index (χ0v) is 13.8. The molecule has 24 heavy (non-hydrogen) atoms. The molecule has 0 fully saturated rings. The van der Waals surface area contributed by atoms with Crippen molar-refractivity contribution in [2.45, 2.75) is 0 Å². The van der Waals surface area contributed by atoms with Gasteiger partial charge in [0.2, 0.25) is 0 Å². The van der Waals surface area contributed by atoms with Crippen molar-refractivity contribution in [2.75, 3.05) is 32.2 Å². The number of hydrogen-bond donors (Lipinski definition) is 1. The van der Waals surface area contributed by atoms with Crippen LogP contribution in [-0.2, 0) is 0 Å². The summed E-state index contributed by atoms with van der Waals surface area (Å²) in [6.45, 7) is 0.288. The maximum Gasteiger partial charge on any atom is 0.119 e. The van der Waals surface area contributed by atoms with Crippen LogP contribution in [0.2, 0.25) is 0 Å². The Bertz CT molecular complexity index is 780. The molecule has 0 unspecified atom stereocenters. The molecule has 6 nitrogen and oxygen atoms in total. The second-order valence-corrected chi connectivity index (χ2v) is 5.56. The van der Waals surface area contributed by atoms with Crippen molar-refractivity contribution in [1.29, 1.82) is 0 Å². The summed E-state index contributed by atoms with van der Waals surface area (Å²) in [5, 5.41) is 17.2. The van der Waals surface area contributed by atoms with Gasteiger partial charge in [-0.05, 0) is 36.4 Å². The molecule has 3 aromatic rings. The first-order valence-corrected chi connectivity index (χ1v) is 7.71. The number of anilines is 1. The lowest BCUT2D eigenvalue weighted by atomic mass is 10.1. The summed E-state index contributed by atoms with van der Waals surface area (Å²) in [7, 11) is 4.03. The zero-order valence-electron chi connectivity index (χ0n) is 13.8. The van der Waals surface area contributed by atoms with Crippen molar-refractivity contribution in [3.63, 3.8) is 0 Å². The van der Waals surface area contributed by atoms with E-state index in [2.05, 4.69) is 27.3 Å². The number of hydrogen-bond acceptors (Lipinski definition) is 5. The fourth-order valence-electron chi connectivity index (χ4n) is 2.31. The van der Waals surface area contributed by atoms with Gasteiger partial charge in [0.05, 0.1) is 18.5 Å². The van der Waals surface area contributed by atoms with E-state index in [4.69, 9.17) is 9.84 Å². The number of aliphatic hydroxyl groups excluding tert-OH is 1. The van der Waals surface area contributed by atoms with Crippen LogP contribution in [-0.4, -0.2) is 47.4 Å². The smallest absolute Gasteiger partial charge is 0.119 e. The first-order chi connectivity index (χ1) is 11.7. The van der Waals surface area contributed by atoms with Gasteiger partial charge in [-0.2, -0.15) is 0 Å². The number of aromatic nitrogens is 3. The molecule has 1 aromatic heterocycles. The van der Waals surface area contributed by atoms with Crippen LogP contribution in [0.1, 0.15) is 0 Å². The molecule has 0 atom stereocenters. The number of rotatable bonds is 6. The molecule has 0 amide bonds. The fraction of sp³-hybridized carbons (Fsp3) is 0.222. The molecule has 6 heteroatoms. The second kappa shape index (κ2) is 7.14. The molecule has 0 bridgehead atoms. The highest BCUT2D eigenvalue weighted by Crippen LogP contribution is 2.22. The number of aliphatic hydroxyl groups is 1. The Morgan fingerprint density at radius 1 is 1.04 bits per heavy atom. The van der Waals surface area contributed by atoms with E-state index in [1.54, 1.807) is 4.68 Å². The van der Waals surface area contributed by atoms with Crippen molar-refractivity contribution < 1.29 is 9.84 Å². The van der Waals surface area contributed by atoms with Gasteiger partial charge in [0.15, 0.2) is 0 Å². The van der Waals surface area contributed by atoms with E-state index in [0.717, 1.165) is 22.6 Å². The molecular weight excluding hydrogens is 304 g/mol. The van der Waals surface area contributed by atoms with Crippen molar-refractivity contribution in [3.05, 3.63) is 54.7 Å². The third-order valence-electron chi connectivity index (χ3n) is 3.63. The molecule has 0 aliphatic heterocycles. The van der Waals surface area contributed by atoms with Crippen LogP contribution in [0, 0.1) is 0 Å². The van der Waals surface area contributed by atoms with Gasteiger partial charge >= 0.3 is 0 Å². The molecule has 0 aliphatic carbocycles. The quantitative estimate of drug-likeness (QED) is 0.754. The Morgan fingerprint density at radius 2 is 1.75 bits per heavy atom. The van der Waals surface area contributed by atoms with Gasteiger partial charge < -0.3 is 14.7 Å². The van der Waals surface area contributed by atoms with Crippen molar-refractivity contribution in [2.24, 2.45) is 0 Å². The van der Waals surface area contributed by atoms with Gasteiger partial charge in [-0.3, -0.25) is 0 Å². The third-order valence-corrected chi connectivity index (χ3v) is 3.63. The minimum Gasteiger partial charge on any atom is -0.491 e. The highest BCUT2D eigenvalue weighted by Gasteiger charge is 2.06. The summed E-state index contributed by atoms with van der Waals surface area (Å²) >= 11 is 0. The van der Waals surface area contributed by atoms with E-state index in [9.17, 15) is 0 Å². The van der Waals surface area contributed by atoms with Crippen LogP contribution >= 0.6 is 0 Å². The van der Waals surface area contributed by atoms with Gasteiger partial charge in [0.1, 0.15) is 18.1 Å². The molecular formula is C18H20N4O2. The molecule has 1 N–H and O–H groups in total. The van der Waals surface area contributed by atoms with Gasteiger partial charge in [0.25, 0.3) is 0 Å². The highest BCUT2D eigenvalue weighted by molar-refractivity contribution is 5.62. The summed E-state index contributed by atoms with van der Waals surface area (Å²) < 4.78 is 7.08. The minimum atomic E-state index is 0.000794. The van der Waals surface area contributed by atoms with Gasteiger partial charge in [0, 0.05) is 25.3 Å². The van der Waals surface area contributed by atoms with E-state index in [0.29, 0.717) is 5.75 Å².